The van der Waals surface area contributed by atoms with E-state index in [1.807, 2.05) is 20.9 Å². The second-order valence-corrected chi connectivity index (χ2v) is 7.40. The molecule has 0 radical (unpaired) electrons. The van der Waals surface area contributed by atoms with E-state index in [-0.39, 0.29) is 30.9 Å². The first-order valence-corrected chi connectivity index (χ1v) is 8.05. The lowest BCUT2D eigenvalue weighted by Gasteiger charge is -2.41. The van der Waals surface area contributed by atoms with Gasteiger partial charge in [0.05, 0.1) is 5.69 Å². The van der Waals surface area contributed by atoms with Gasteiger partial charge in [-0.25, -0.2) is 17.2 Å². The van der Waals surface area contributed by atoms with Crippen molar-refractivity contribution in [2.24, 2.45) is 0 Å². The van der Waals surface area contributed by atoms with Gasteiger partial charge >= 0.3 is 0 Å². The molecule has 0 amide bonds. The van der Waals surface area contributed by atoms with Gasteiger partial charge in [-0.3, -0.25) is 4.90 Å². The second-order valence-electron chi connectivity index (χ2n) is 5.49. The lowest BCUT2D eigenvalue weighted by molar-refractivity contribution is 0.105. The minimum Gasteiger partial charge on any atom is -0.396 e. The largest absolute Gasteiger partial charge is 0.396 e. The molecular weight excluding hydrogens is 300 g/mol. The normalized spacial score (nSPS) is 25.2. The molecule has 21 heavy (non-hydrogen) atoms. The van der Waals surface area contributed by atoms with Crippen LogP contribution < -0.4 is 5.73 Å². The highest BCUT2D eigenvalue weighted by Gasteiger charge is 2.36. The zero-order valence-corrected chi connectivity index (χ0v) is 13.0. The Bertz CT molecular complexity index is 639. The monoisotopic (exact) mass is 319 g/mol. The van der Waals surface area contributed by atoms with Crippen LogP contribution in [0, 0.1) is 11.6 Å². The van der Waals surface area contributed by atoms with Gasteiger partial charge in [0.25, 0.3) is 0 Å². The Morgan fingerprint density at radius 1 is 1.14 bits per heavy atom. The van der Waals surface area contributed by atoms with Gasteiger partial charge in [-0.1, -0.05) is 0 Å². The molecular formula is C13H19F2N3O2S. The van der Waals surface area contributed by atoms with Crippen molar-refractivity contribution >= 4 is 15.7 Å². The summed E-state index contributed by atoms with van der Waals surface area (Å²) >= 11 is 0. The predicted molar refractivity (Wildman–Crippen MR) is 76.2 cm³/mol. The fourth-order valence-corrected chi connectivity index (χ4v) is 4.12. The maximum Gasteiger partial charge on any atom is 0.246 e. The van der Waals surface area contributed by atoms with Crippen LogP contribution in [0.4, 0.5) is 14.5 Å². The van der Waals surface area contributed by atoms with Gasteiger partial charge in [0, 0.05) is 31.2 Å². The van der Waals surface area contributed by atoms with Gasteiger partial charge in [-0.15, -0.1) is 0 Å². The summed E-state index contributed by atoms with van der Waals surface area (Å²) in [5.74, 6) is -2.09. The van der Waals surface area contributed by atoms with Gasteiger partial charge < -0.3 is 5.73 Å². The molecule has 8 heteroatoms. The fraction of sp³-hybridized carbons (Fsp3) is 0.538. The summed E-state index contributed by atoms with van der Waals surface area (Å²) in [5.41, 5.74) is 4.98. The highest BCUT2D eigenvalue weighted by Crippen LogP contribution is 2.26. The van der Waals surface area contributed by atoms with E-state index in [1.54, 1.807) is 0 Å². The van der Waals surface area contributed by atoms with Crippen molar-refractivity contribution in [2.45, 2.75) is 30.8 Å². The van der Waals surface area contributed by atoms with Crippen molar-refractivity contribution in [1.29, 1.82) is 0 Å². The Morgan fingerprint density at radius 3 is 2.19 bits per heavy atom. The summed E-state index contributed by atoms with van der Waals surface area (Å²) in [6.07, 6.45) is 0. The van der Waals surface area contributed by atoms with Crippen LogP contribution in [0.3, 0.4) is 0 Å². The van der Waals surface area contributed by atoms with Crippen molar-refractivity contribution in [3.8, 4) is 0 Å². The Morgan fingerprint density at radius 2 is 1.67 bits per heavy atom. The van der Waals surface area contributed by atoms with Gasteiger partial charge in [0.15, 0.2) is 0 Å². The standard InChI is InChI=1S/C13H19F2N3O2S/c1-8-6-18(7-9(2)17(8)3)21(19,20)13-5-12(16)10(14)4-11(13)15/h4-5,8-9H,6-7,16H2,1-3H3. The van der Waals surface area contributed by atoms with E-state index in [4.69, 9.17) is 5.73 Å². The lowest BCUT2D eigenvalue weighted by atomic mass is 10.1. The van der Waals surface area contributed by atoms with Gasteiger partial charge in [0.1, 0.15) is 16.5 Å². The lowest BCUT2D eigenvalue weighted by Crippen LogP contribution is -2.56. The minimum absolute atomic E-state index is 0.00406. The maximum absolute atomic E-state index is 13.8. The molecule has 2 atom stereocenters. The van der Waals surface area contributed by atoms with E-state index < -0.39 is 26.6 Å². The SMILES string of the molecule is CC1CN(S(=O)(=O)c2cc(N)c(F)cc2F)CC(C)N1C. The third-order valence-corrected chi connectivity index (χ3v) is 5.84. The van der Waals surface area contributed by atoms with Crippen molar-refractivity contribution in [3.63, 3.8) is 0 Å². The summed E-state index contributed by atoms with van der Waals surface area (Å²) in [4.78, 5) is 1.48. The number of nitrogens with two attached hydrogens (primary N) is 1. The van der Waals surface area contributed by atoms with E-state index in [0.717, 1.165) is 6.07 Å². The number of piperazine rings is 1. The van der Waals surface area contributed by atoms with E-state index in [0.29, 0.717) is 6.07 Å². The first-order valence-electron chi connectivity index (χ1n) is 6.61. The van der Waals surface area contributed by atoms with Crippen molar-refractivity contribution in [3.05, 3.63) is 23.8 Å². The molecule has 0 aromatic heterocycles. The molecule has 0 aliphatic carbocycles. The quantitative estimate of drug-likeness (QED) is 0.834. The molecule has 1 fully saturated rings. The Hall–Kier alpha value is -1.25. The summed E-state index contributed by atoms with van der Waals surface area (Å²) in [6.45, 7) is 4.29. The number of nitrogens with zero attached hydrogens (tertiary/aromatic N) is 2. The molecule has 1 aliphatic heterocycles. The smallest absolute Gasteiger partial charge is 0.246 e. The molecule has 1 heterocycles. The first-order chi connectivity index (χ1) is 9.64. The van der Waals surface area contributed by atoms with Gasteiger partial charge in [-0.2, -0.15) is 4.31 Å². The first kappa shape index (κ1) is 16.1. The third-order valence-electron chi connectivity index (χ3n) is 4.00. The summed E-state index contributed by atoms with van der Waals surface area (Å²) in [7, 11) is -2.12. The molecule has 2 unspecified atom stereocenters. The molecule has 1 saturated heterocycles. The number of hydrogen-bond donors (Lipinski definition) is 1. The Kier molecular flexibility index (Phi) is 4.23. The maximum atomic E-state index is 13.8. The van der Waals surface area contributed by atoms with Gasteiger partial charge in [-0.05, 0) is 27.0 Å². The van der Waals surface area contributed by atoms with Crippen molar-refractivity contribution in [1.82, 2.24) is 9.21 Å². The molecule has 1 aliphatic rings. The number of hydrogen-bond acceptors (Lipinski definition) is 4. The molecule has 0 saturated carbocycles. The number of likely N-dealkylation sites (N-methyl/N-ethyl adjacent to an activating group) is 1. The number of rotatable bonds is 2. The van der Waals surface area contributed by atoms with Crippen LogP contribution in [0.15, 0.2) is 17.0 Å². The summed E-state index contributed by atoms with van der Waals surface area (Å²) in [6, 6.07) is 1.35. The number of sulfonamides is 1. The summed E-state index contributed by atoms with van der Waals surface area (Å²) in [5, 5.41) is 0. The molecule has 2 N–H and O–H groups in total. The molecule has 2 rings (SSSR count). The molecule has 118 valence electrons. The van der Waals surface area contributed by atoms with Crippen LogP contribution in [0.1, 0.15) is 13.8 Å². The molecule has 0 spiro atoms. The average Bonchev–Trinajstić information content (AvgIpc) is 2.39. The van der Waals surface area contributed by atoms with Crippen LogP contribution >= 0.6 is 0 Å². The summed E-state index contributed by atoms with van der Waals surface area (Å²) < 4.78 is 53.4. The molecule has 0 bridgehead atoms. The molecule has 5 nitrogen and oxygen atoms in total. The number of nitrogen functional groups attached to an aromatic ring is 1. The Labute approximate surface area is 123 Å². The zero-order chi connectivity index (χ0) is 15.9. The number of benzene rings is 1. The van der Waals surface area contributed by atoms with Crippen LogP contribution in [0.2, 0.25) is 0 Å². The number of halogens is 2. The van der Waals surface area contributed by atoms with E-state index in [2.05, 4.69) is 4.90 Å². The highest BCUT2D eigenvalue weighted by molar-refractivity contribution is 7.89. The minimum atomic E-state index is -4.04. The van der Waals surface area contributed by atoms with Crippen molar-refractivity contribution in [2.75, 3.05) is 25.9 Å². The average molecular weight is 319 g/mol. The second kappa shape index (κ2) is 5.51. The van der Waals surface area contributed by atoms with Gasteiger partial charge in [0.2, 0.25) is 10.0 Å². The van der Waals surface area contributed by atoms with E-state index in [9.17, 15) is 17.2 Å². The fourth-order valence-electron chi connectivity index (χ4n) is 2.43. The molecule has 1 aromatic carbocycles. The molecule has 1 aromatic rings. The van der Waals surface area contributed by atoms with Crippen LogP contribution in [0.5, 0.6) is 0 Å². The Balaban J connectivity index is 2.41. The van der Waals surface area contributed by atoms with Crippen LogP contribution in [-0.4, -0.2) is 49.8 Å². The van der Waals surface area contributed by atoms with Crippen molar-refractivity contribution < 1.29 is 17.2 Å². The van der Waals surface area contributed by atoms with Crippen LogP contribution in [-0.2, 0) is 10.0 Å². The van der Waals surface area contributed by atoms with E-state index >= 15 is 0 Å². The predicted octanol–water partition coefficient (Wildman–Crippen LogP) is 1.26. The zero-order valence-electron chi connectivity index (χ0n) is 12.2. The topological polar surface area (TPSA) is 66.6 Å². The van der Waals surface area contributed by atoms with E-state index in [1.165, 1.54) is 4.31 Å². The number of anilines is 1. The highest BCUT2D eigenvalue weighted by atomic mass is 32.2. The third kappa shape index (κ3) is 2.88. The van der Waals surface area contributed by atoms with Crippen LogP contribution in [0.25, 0.3) is 0 Å².